The zero-order chi connectivity index (χ0) is 29.9. The van der Waals surface area contributed by atoms with E-state index in [-0.39, 0.29) is 48.6 Å². The van der Waals surface area contributed by atoms with E-state index in [1.807, 2.05) is 19.9 Å². The van der Waals surface area contributed by atoms with Gasteiger partial charge in [-0.25, -0.2) is 18.2 Å². The van der Waals surface area contributed by atoms with Crippen molar-refractivity contribution in [2.24, 2.45) is 0 Å². The molecule has 12 heteroatoms. The summed E-state index contributed by atoms with van der Waals surface area (Å²) < 4.78 is 54.2. The number of halogens is 4. The lowest BCUT2D eigenvalue weighted by atomic mass is 9.78. The molecule has 1 saturated heterocycles. The molecule has 0 radical (unpaired) electrons. The summed E-state index contributed by atoms with van der Waals surface area (Å²) in [5.41, 5.74) is 4.06. The molecule has 1 atom stereocenters. The van der Waals surface area contributed by atoms with Crippen LogP contribution in [0.1, 0.15) is 48.1 Å². The van der Waals surface area contributed by atoms with Gasteiger partial charge in [-0.1, -0.05) is 17.7 Å². The van der Waals surface area contributed by atoms with Crippen molar-refractivity contribution in [3.05, 3.63) is 79.8 Å². The van der Waals surface area contributed by atoms with Crippen LogP contribution in [0.5, 0.6) is 0 Å². The molecule has 218 valence electrons. The lowest BCUT2D eigenvalue weighted by molar-refractivity contribution is -0.0225. The van der Waals surface area contributed by atoms with Crippen LogP contribution in [0.4, 0.5) is 24.7 Å². The van der Waals surface area contributed by atoms with Crippen LogP contribution in [0, 0.1) is 19.7 Å². The molecule has 6 rings (SSSR count). The summed E-state index contributed by atoms with van der Waals surface area (Å²) in [5, 5.41) is 14.0. The maximum absolute atomic E-state index is 15.0. The Bertz CT molecular complexity index is 1770. The summed E-state index contributed by atoms with van der Waals surface area (Å²) >= 11 is 6.24. The first kappa shape index (κ1) is 28.6. The minimum Gasteiger partial charge on any atom is -0.440 e. The zero-order valence-corrected chi connectivity index (χ0v) is 24.0. The summed E-state index contributed by atoms with van der Waals surface area (Å²) in [5.74, 6) is -3.05. The van der Waals surface area contributed by atoms with Crippen molar-refractivity contribution in [1.29, 1.82) is 0 Å². The van der Waals surface area contributed by atoms with E-state index >= 15 is 0 Å². The van der Waals surface area contributed by atoms with Gasteiger partial charge in [0, 0.05) is 42.5 Å². The molecule has 7 nitrogen and oxygen atoms in total. The molecule has 42 heavy (non-hydrogen) atoms. The largest absolute Gasteiger partial charge is 0.494 e. The van der Waals surface area contributed by atoms with E-state index in [0.29, 0.717) is 50.5 Å². The second kappa shape index (κ2) is 10.6. The molecule has 1 fully saturated rings. The predicted molar refractivity (Wildman–Crippen MR) is 157 cm³/mol. The molecule has 2 aromatic carbocycles. The Balaban J connectivity index is 1.41. The molecule has 0 unspecified atom stereocenters. The first-order valence-electron chi connectivity index (χ1n) is 13.7. The second-order valence-electron chi connectivity index (χ2n) is 11.0. The van der Waals surface area contributed by atoms with Gasteiger partial charge in [-0.3, -0.25) is 4.79 Å². The molecular formula is C30H28BClF3N3O4. The van der Waals surface area contributed by atoms with Crippen LogP contribution >= 0.6 is 11.6 Å². The average Bonchev–Trinajstić information content (AvgIpc) is 3.32. The van der Waals surface area contributed by atoms with Crippen molar-refractivity contribution in [3.63, 3.8) is 0 Å². The Hall–Kier alpha value is -3.54. The highest BCUT2D eigenvalue weighted by Crippen LogP contribution is 2.37. The average molecular weight is 598 g/mol. The summed E-state index contributed by atoms with van der Waals surface area (Å²) in [6.07, 6.45) is -0.624. The molecule has 0 bridgehead atoms. The number of fused-ring (bicyclic) bond motifs is 2. The molecule has 2 aliphatic rings. The highest BCUT2D eigenvalue weighted by Gasteiger charge is 2.36. The molecule has 0 saturated carbocycles. The zero-order valence-electron chi connectivity index (χ0n) is 23.2. The van der Waals surface area contributed by atoms with Crippen molar-refractivity contribution < 1.29 is 27.3 Å². The number of pyridine rings is 1. The van der Waals surface area contributed by atoms with Gasteiger partial charge in [0.15, 0.2) is 5.43 Å². The van der Waals surface area contributed by atoms with Gasteiger partial charge in [0.1, 0.15) is 16.6 Å². The van der Waals surface area contributed by atoms with Crippen molar-refractivity contribution in [1.82, 2.24) is 4.98 Å². The van der Waals surface area contributed by atoms with E-state index in [4.69, 9.17) is 20.7 Å². The van der Waals surface area contributed by atoms with E-state index in [9.17, 15) is 23.0 Å². The fourth-order valence-corrected chi connectivity index (χ4v) is 5.91. The van der Waals surface area contributed by atoms with Crippen molar-refractivity contribution in [2.45, 2.75) is 52.2 Å². The first-order valence-corrected chi connectivity index (χ1v) is 14.1. The number of hydrogen-bond acceptors (Lipinski definition) is 7. The van der Waals surface area contributed by atoms with Crippen LogP contribution in [0.2, 0.25) is 5.15 Å². The summed E-state index contributed by atoms with van der Waals surface area (Å²) in [6, 6.07) is 9.57. The first-order chi connectivity index (χ1) is 19.9. The van der Waals surface area contributed by atoms with Gasteiger partial charge < -0.3 is 24.3 Å². The number of alkyl halides is 2. The minimum absolute atomic E-state index is 0.0612. The highest BCUT2D eigenvalue weighted by atomic mass is 35.5. The number of piperidine rings is 1. The van der Waals surface area contributed by atoms with Crippen LogP contribution < -0.4 is 21.1 Å². The Morgan fingerprint density at radius 1 is 1.17 bits per heavy atom. The number of nitrogens with zero attached hydrogens (tertiary/aromatic N) is 2. The van der Waals surface area contributed by atoms with E-state index in [1.165, 1.54) is 6.07 Å². The van der Waals surface area contributed by atoms with Gasteiger partial charge in [0.05, 0.1) is 35.0 Å². The lowest BCUT2D eigenvalue weighted by Crippen LogP contribution is -2.40. The Kier molecular flexibility index (Phi) is 7.23. The van der Waals surface area contributed by atoms with E-state index in [1.54, 1.807) is 36.1 Å². The number of nitrogens with one attached hydrogen (secondary N) is 1. The van der Waals surface area contributed by atoms with Crippen LogP contribution in [-0.2, 0) is 11.3 Å². The van der Waals surface area contributed by atoms with Gasteiger partial charge in [-0.05, 0) is 62.2 Å². The molecule has 0 spiro atoms. The molecule has 0 amide bonds. The molecular weight excluding hydrogens is 570 g/mol. The van der Waals surface area contributed by atoms with E-state index in [0.717, 1.165) is 5.56 Å². The quantitative estimate of drug-likeness (QED) is 0.219. The number of benzene rings is 2. The topological polar surface area (TPSA) is 87.8 Å². The van der Waals surface area contributed by atoms with E-state index < -0.39 is 24.9 Å². The summed E-state index contributed by atoms with van der Waals surface area (Å²) in [7, 11) is -1.32. The fraction of sp³-hybridized carbons (Fsp3) is 0.333. The third-order valence-electron chi connectivity index (χ3n) is 7.98. The highest BCUT2D eigenvalue weighted by molar-refractivity contribution is 6.61. The van der Waals surface area contributed by atoms with Gasteiger partial charge in [-0.15, -0.1) is 0 Å². The Morgan fingerprint density at radius 3 is 2.64 bits per heavy atom. The summed E-state index contributed by atoms with van der Waals surface area (Å²) in [6.45, 7) is 5.65. The molecule has 4 heterocycles. The SMILES string of the molecule is Cc1cc([C@@H](C)Nc2ccc(Cl)nc2-c2cc(F)c3c(c2)COB3O)c2oc(N3CCC(F)(F)CC3)c(C)c(=O)c2c1. The molecule has 4 aromatic rings. The lowest BCUT2D eigenvalue weighted by Gasteiger charge is -2.33. The number of anilines is 2. The van der Waals surface area contributed by atoms with Gasteiger partial charge in [0.25, 0.3) is 5.92 Å². The number of aryl methyl sites for hydroxylation is 1. The van der Waals surface area contributed by atoms with Crippen molar-refractivity contribution >= 4 is 46.7 Å². The standard InChI is InChI=1S/C30H28BClF3N3O4/c1-15-10-20(28-21(11-15)27(39)16(2)29(42-28)38-8-6-30(34,35)7-9-38)17(3)36-23-4-5-24(32)37-26(23)18-12-19-14-41-31(40)25(19)22(33)13-18/h4-5,10-13,17,36,40H,6-9,14H2,1-3H3/t17-/m1/s1. The number of rotatable bonds is 5. The van der Waals surface area contributed by atoms with Crippen molar-refractivity contribution in [3.8, 4) is 11.3 Å². The Labute approximate surface area is 245 Å². The molecule has 2 aromatic heterocycles. The van der Waals surface area contributed by atoms with Gasteiger partial charge >= 0.3 is 7.12 Å². The summed E-state index contributed by atoms with van der Waals surface area (Å²) in [4.78, 5) is 19.7. The monoisotopic (exact) mass is 597 g/mol. The van der Waals surface area contributed by atoms with Crippen molar-refractivity contribution in [2.75, 3.05) is 23.3 Å². The second-order valence-corrected chi connectivity index (χ2v) is 11.4. The molecule has 0 aliphatic carbocycles. The van der Waals surface area contributed by atoms with E-state index in [2.05, 4.69) is 10.3 Å². The third kappa shape index (κ3) is 5.14. The van der Waals surface area contributed by atoms with Crippen LogP contribution in [-0.4, -0.2) is 36.1 Å². The molecule has 2 N–H and O–H groups in total. The maximum atomic E-state index is 15.0. The Morgan fingerprint density at radius 2 is 1.90 bits per heavy atom. The van der Waals surface area contributed by atoms with Gasteiger partial charge in [-0.2, -0.15) is 0 Å². The fourth-order valence-electron chi connectivity index (χ4n) is 5.76. The maximum Gasteiger partial charge on any atom is 0.494 e. The normalized spacial score (nSPS) is 17.0. The third-order valence-corrected chi connectivity index (χ3v) is 8.19. The predicted octanol–water partition coefficient (Wildman–Crippen LogP) is 5.89. The number of hydrogen-bond donors (Lipinski definition) is 2. The minimum atomic E-state index is -2.73. The number of aromatic nitrogens is 1. The van der Waals surface area contributed by atoms with Crippen LogP contribution in [0.25, 0.3) is 22.2 Å². The van der Waals surface area contributed by atoms with Crippen LogP contribution in [0.15, 0.2) is 45.6 Å². The molecule has 2 aliphatic heterocycles. The van der Waals surface area contributed by atoms with Gasteiger partial charge in [0.2, 0.25) is 5.88 Å². The van der Waals surface area contributed by atoms with Crippen LogP contribution in [0.3, 0.4) is 0 Å². The smallest absolute Gasteiger partial charge is 0.440 e.